The predicted octanol–water partition coefficient (Wildman–Crippen LogP) is 4.82. The van der Waals surface area contributed by atoms with Crippen LogP contribution in [0, 0.1) is 5.92 Å². The van der Waals surface area contributed by atoms with E-state index in [1.54, 1.807) is 0 Å². The Balaban J connectivity index is 3.84. The molecule has 0 radical (unpaired) electrons. The molecule has 0 rings (SSSR count). The molecular weight excluding hydrogens is 289 g/mol. The summed E-state index contributed by atoms with van der Waals surface area (Å²) in [6, 6.07) is 0. The number of rotatable bonds is 10. The highest BCUT2D eigenvalue weighted by atomic mass is 32.2. The largest absolute Gasteiger partial charge is 0.465 e. The molecule has 0 bridgehead atoms. The van der Waals surface area contributed by atoms with Crippen LogP contribution in [0.15, 0.2) is 0 Å². The van der Waals surface area contributed by atoms with Crippen LogP contribution in [0.25, 0.3) is 0 Å². The number of hydrogen-bond donors (Lipinski definition) is 0. The molecule has 0 heterocycles. The highest BCUT2D eigenvalue weighted by Gasteiger charge is 2.26. The minimum Gasteiger partial charge on any atom is -0.465 e. The Morgan fingerprint density at radius 3 is 2.35 bits per heavy atom. The van der Waals surface area contributed by atoms with Gasteiger partial charge in [0.25, 0.3) is 0 Å². The van der Waals surface area contributed by atoms with Gasteiger partial charge in [-0.05, 0) is 30.9 Å². The van der Waals surface area contributed by atoms with Crippen LogP contribution < -0.4 is 0 Å². The quantitative estimate of drug-likeness (QED) is 0.427. The van der Waals surface area contributed by atoms with Crippen molar-refractivity contribution >= 4 is 17.7 Å². The summed E-state index contributed by atoms with van der Waals surface area (Å²) in [5.41, 5.74) is 0. The molecule has 0 fully saturated rings. The van der Waals surface area contributed by atoms with Gasteiger partial charge in [-0.15, -0.1) is 11.8 Å². The van der Waals surface area contributed by atoms with Crippen LogP contribution in [0.4, 0.5) is 13.2 Å². The van der Waals surface area contributed by atoms with Gasteiger partial charge >= 0.3 is 12.1 Å². The van der Waals surface area contributed by atoms with E-state index in [9.17, 15) is 18.0 Å². The van der Waals surface area contributed by atoms with Crippen LogP contribution in [-0.2, 0) is 9.53 Å². The summed E-state index contributed by atoms with van der Waals surface area (Å²) in [6.45, 7) is 6.27. The number of ether oxygens (including phenoxy) is 1. The lowest BCUT2D eigenvalue weighted by Gasteiger charge is -2.18. The zero-order valence-electron chi connectivity index (χ0n) is 12.5. The zero-order chi connectivity index (χ0) is 15.6. The van der Waals surface area contributed by atoms with Crippen molar-refractivity contribution in [3.63, 3.8) is 0 Å². The number of hydrogen-bond acceptors (Lipinski definition) is 3. The maximum atomic E-state index is 12.0. The van der Waals surface area contributed by atoms with Gasteiger partial charge in [-0.1, -0.05) is 27.2 Å². The van der Waals surface area contributed by atoms with E-state index in [1.807, 2.05) is 20.8 Å². The Kier molecular flexibility index (Phi) is 10.2. The summed E-state index contributed by atoms with van der Waals surface area (Å²) in [5, 5.41) is -0.218. The molecule has 0 aliphatic rings. The van der Waals surface area contributed by atoms with E-state index in [1.165, 1.54) is 11.8 Å². The van der Waals surface area contributed by atoms with Crippen LogP contribution in [0.5, 0.6) is 0 Å². The number of halogens is 3. The summed E-state index contributed by atoms with van der Waals surface area (Å²) in [5.74, 6) is 0.656. The highest BCUT2D eigenvalue weighted by molar-refractivity contribution is 8.00. The van der Waals surface area contributed by atoms with E-state index >= 15 is 0 Å². The molecule has 0 spiro atoms. The second kappa shape index (κ2) is 10.4. The fraction of sp³-hybridized carbons (Fsp3) is 0.929. The Morgan fingerprint density at radius 1 is 1.20 bits per heavy atom. The van der Waals surface area contributed by atoms with Crippen molar-refractivity contribution in [1.29, 1.82) is 0 Å². The molecule has 6 heteroatoms. The van der Waals surface area contributed by atoms with Gasteiger partial charge in [0.15, 0.2) is 0 Å². The van der Waals surface area contributed by atoms with Crippen LogP contribution in [0.3, 0.4) is 0 Å². The lowest BCUT2D eigenvalue weighted by atomic mass is 10.1. The monoisotopic (exact) mass is 314 g/mol. The first-order chi connectivity index (χ1) is 9.28. The van der Waals surface area contributed by atoms with Gasteiger partial charge in [-0.2, -0.15) is 13.2 Å². The van der Waals surface area contributed by atoms with Crippen molar-refractivity contribution in [2.75, 3.05) is 12.4 Å². The number of carbonyl (C=O) groups excluding carboxylic acids is 1. The van der Waals surface area contributed by atoms with Crippen molar-refractivity contribution < 1.29 is 22.7 Å². The normalized spacial score (nSPS) is 13.6. The molecular formula is C14H25F3O2S. The average Bonchev–Trinajstić information content (AvgIpc) is 2.33. The van der Waals surface area contributed by atoms with E-state index in [-0.39, 0.29) is 23.6 Å². The molecule has 2 nitrogen and oxygen atoms in total. The third-order valence-corrected chi connectivity index (χ3v) is 4.31. The highest BCUT2D eigenvalue weighted by Crippen LogP contribution is 2.25. The van der Waals surface area contributed by atoms with Crippen molar-refractivity contribution in [2.45, 2.75) is 64.3 Å². The summed E-state index contributed by atoms with van der Waals surface area (Å²) >= 11 is 1.49. The maximum Gasteiger partial charge on any atom is 0.389 e. The fourth-order valence-corrected chi connectivity index (χ4v) is 2.85. The van der Waals surface area contributed by atoms with Crippen molar-refractivity contribution in [3.8, 4) is 0 Å². The van der Waals surface area contributed by atoms with Crippen LogP contribution in [0.2, 0.25) is 0 Å². The summed E-state index contributed by atoms with van der Waals surface area (Å²) in [6.07, 6.45) is -2.58. The first kappa shape index (κ1) is 19.6. The van der Waals surface area contributed by atoms with Gasteiger partial charge in [0, 0.05) is 6.42 Å². The van der Waals surface area contributed by atoms with Crippen molar-refractivity contribution in [2.24, 2.45) is 5.92 Å². The molecule has 0 aliphatic heterocycles. The van der Waals surface area contributed by atoms with Gasteiger partial charge in [-0.25, -0.2) is 0 Å². The van der Waals surface area contributed by atoms with Gasteiger partial charge in [0.2, 0.25) is 0 Å². The molecule has 20 heavy (non-hydrogen) atoms. The lowest BCUT2D eigenvalue weighted by Crippen LogP contribution is -2.26. The third kappa shape index (κ3) is 10.4. The minimum atomic E-state index is -4.06. The van der Waals surface area contributed by atoms with E-state index in [0.29, 0.717) is 25.2 Å². The first-order valence-corrected chi connectivity index (χ1v) is 8.17. The van der Waals surface area contributed by atoms with E-state index in [0.717, 1.165) is 6.42 Å². The Bertz CT molecular complexity index is 268. The third-order valence-electron chi connectivity index (χ3n) is 2.69. The SMILES string of the molecule is CCCOC(=O)C(SCCCCCC(F)(F)F)C(C)C. The van der Waals surface area contributed by atoms with Crippen LogP contribution in [-0.4, -0.2) is 29.8 Å². The first-order valence-electron chi connectivity index (χ1n) is 7.13. The predicted molar refractivity (Wildman–Crippen MR) is 76.9 cm³/mol. The maximum absolute atomic E-state index is 12.0. The summed E-state index contributed by atoms with van der Waals surface area (Å²) in [7, 11) is 0. The van der Waals surface area contributed by atoms with Gasteiger partial charge in [-0.3, -0.25) is 4.79 Å². The average molecular weight is 314 g/mol. The standard InChI is InChI=1S/C14H25F3O2S/c1-4-9-19-13(18)12(11(2)3)20-10-7-5-6-8-14(15,16)17/h11-12H,4-10H2,1-3H3. The Morgan fingerprint density at radius 2 is 1.85 bits per heavy atom. The number of alkyl halides is 3. The molecule has 1 atom stereocenters. The van der Waals surface area contributed by atoms with E-state index in [2.05, 4.69) is 0 Å². The molecule has 120 valence electrons. The number of unbranched alkanes of at least 4 members (excludes halogenated alkanes) is 2. The summed E-state index contributed by atoms with van der Waals surface area (Å²) < 4.78 is 41.0. The molecule has 0 aromatic heterocycles. The van der Waals surface area contributed by atoms with E-state index in [4.69, 9.17) is 4.74 Å². The fourth-order valence-electron chi connectivity index (χ4n) is 1.63. The number of carbonyl (C=O) groups is 1. The Labute approximate surface area is 123 Å². The Hall–Kier alpha value is -0.390. The molecule has 0 saturated carbocycles. The van der Waals surface area contributed by atoms with Crippen LogP contribution in [0.1, 0.15) is 52.9 Å². The lowest BCUT2D eigenvalue weighted by molar-refractivity contribution is -0.143. The number of esters is 1. The van der Waals surface area contributed by atoms with E-state index < -0.39 is 12.6 Å². The van der Waals surface area contributed by atoms with Gasteiger partial charge in [0.05, 0.1) is 6.61 Å². The second-order valence-corrected chi connectivity index (χ2v) is 6.38. The summed E-state index contributed by atoms with van der Waals surface area (Å²) in [4.78, 5) is 11.8. The van der Waals surface area contributed by atoms with Gasteiger partial charge < -0.3 is 4.74 Å². The molecule has 0 N–H and O–H groups in total. The van der Waals surface area contributed by atoms with Crippen LogP contribution >= 0.6 is 11.8 Å². The smallest absolute Gasteiger partial charge is 0.389 e. The number of thioether (sulfide) groups is 1. The molecule has 0 aromatic carbocycles. The van der Waals surface area contributed by atoms with Gasteiger partial charge in [0.1, 0.15) is 5.25 Å². The molecule has 1 unspecified atom stereocenters. The molecule has 0 amide bonds. The molecule has 0 aliphatic carbocycles. The molecule has 0 saturated heterocycles. The van der Waals surface area contributed by atoms with Crippen molar-refractivity contribution in [1.82, 2.24) is 0 Å². The second-order valence-electron chi connectivity index (χ2n) is 5.13. The minimum absolute atomic E-state index is 0.163. The molecule has 0 aromatic rings. The topological polar surface area (TPSA) is 26.3 Å². The van der Waals surface area contributed by atoms with Crippen molar-refractivity contribution in [3.05, 3.63) is 0 Å². The zero-order valence-corrected chi connectivity index (χ0v) is 13.3.